The molecule has 0 aliphatic carbocycles. The fourth-order valence-corrected chi connectivity index (χ4v) is 8.24. The first-order valence-corrected chi connectivity index (χ1v) is 30.4. The summed E-state index contributed by atoms with van der Waals surface area (Å²) in [7, 11) is 0. The Morgan fingerprint density at radius 3 is 0.849 bits per heavy atom. The molecular formula is C67H112O6. The van der Waals surface area contributed by atoms with E-state index in [1.165, 1.54) is 122 Å². The van der Waals surface area contributed by atoms with Crippen LogP contribution in [-0.2, 0) is 28.6 Å². The molecular weight excluding hydrogens is 901 g/mol. The molecule has 0 aromatic rings. The van der Waals surface area contributed by atoms with Gasteiger partial charge in [-0.3, -0.25) is 14.4 Å². The average Bonchev–Trinajstić information content (AvgIpc) is 3.39. The van der Waals surface area contributed by atoms with Crippen LogP contribution in [0.5, 0.6) is 0 Å². The molecule has 6 heteroatoms. The number of rotatable bonds is 54. The molecule has 73 heavy (non-hydrogen) atoms. The van der Waals surface area contributed by atoms with Crippen LogP contribution in [0, 0.1) is 0 Å². The number of carbonyl (C=O) groups excluding carboxylic acids is 3. The molecule has 416 valence electrons. The molecule has 0 saturated heterocycles. The summed E-state index contributed by atoms with van der Waals surface area (Å²) in [5, 5.41) is 0. The fourth-order valence-electron chi connectivity index (χ4n) is 8.24. The molecule has 0 fully saturated rings. The van der Waals surface area contributed by atoms with Gasteiger partial charge in [0.2, 0.25) is 0 Å². The minimum Gasteiger partial charge on any atom is -0.462 e. The second kappa shape index (κ2) is 60.6. The number of unbranched alkanes of at least 4 members (excludes halogenated alkanes) is 25. The van der Waals surface area contributed by atoms with Gasteiger partial charge in [-0.15, -0.1) is 0 Å². The highest BCUT2D eigenvalue weighted by Gasteiger charge is 2.19. The van der Waals surface area contributed by atoms with E-state index < -0.39 is 6.10 Å². The number of hydrogen-bond acceptors (Lipinski definition) is 6. The normalized spacial score (nSPS) is 12.9. The van der Waals surface area contributed by atoms with Crippen LogP contribution < -0.4 is 0 Å². The molecule has 0 aromatic heterocycles. The summed E-state index contributed by atoms with van der Waals surface area (Å²) < 4.78 is 16.9. The van der Waals surface area contributed by atoms with E-state index in [4.69, 9.17) is 14.2 Å². The highest BCUT2D eigenvalue weighted by Crippen LogP contribution is 2.15. The Labute approximate surface area is 450 Å². The van der Waals surface area contributed by atoms with E-state index in [1.54, 1.807) is 0 Å². The van der Waals surface area contributed by atoms with Crippen LogP contribution in [0.4, 0.5) is 0 Å². The largest absolute Gasteiger partial charge is 0.462 e. The molecule has 0 heterocycles. The van der Waals surface area contributed by atoms with Crippen molar-refractivity contribution in [2.24, 2.45) is 0 Å². The van der Waals surface area contributed by atoms with E-state index in [0.717, 1.165) is 116 Å². The van der Waals surface area contributed by atoms with E-state index >= 15 is 0 Å². The van der Waals surface area contributed by atoms with Gasteiger partial charge in [-0.05, 0) is 122 Å². The summed E-state index contributed by atoms with van der Waals surface area (Å²) in [6, 6.07) is 0. The summed E-state index contributed by atoms with van der Waals surface area (Å²) in [4.78, 5) is 38.2. The van der Waals surface area contributed by atoms with Crippen molar-refractivity contribution in [2.75, 3.05) is 13.2 Å². The zero-order valence-electron chi connectivity index (χ0n) is 47.6. The van der Waals surface area contributed by atoms with Crippen molar-refractivity contribution in [3.63, 3.8) is 0 Å². The van der Waals surface area contributed by atoms with Gasteiger partial charge in [-0.2, -0.15) is 0 Å². The van der Waals surface area contributed by atoms with Gasteiger partial charge in [0.15, 0.2) is 6.10 Å². The van der Waals surface area contributed by atoms with Gasteiger partial charge in [0.05, 0.1) is 0 Å². The van der Waals surface area contributed by atoms with Gasteiger partial charge in [0.1, 0.15) is 13.2 Å². The maximum Gasteiger partial charge on any atom is 0.306 e. The van der Waals surface area contributed by atoms with Gasteiger partial charge >= 0.3 is 17.9 Å². The van der Waals surface area contributed by atoms with Crippen LogP contribution in [0.25, 0.3) is 0 Å². The van der Waals surface area contributed by atoms with Crippen LogP contribution in [0.1, 0.15) is 278 Å². The highest BCUT2D eigenvalue weighted by atomic mass is 16.6. The monoisotopic (exact) mass is 1010 g/mol. The molecule has 0 aliphatic rings. The van der Waals surface area contributed by atoms with Crippen LogP contribution in [0.15, 0.2) is 109 Å². The number of allylic oxidation sites excluding steroid dienone is 18. The quantitative estimate of drug-likeness (QED) is 0.0261. The van der Waals surface area contributed by atoms with E-state index in [0.29, 0.717) is 19.3 Å². The lowest BCUT2D eigenvalue weighted by molar-refractivity contribution is -0.167. The second-order valence-electron chi connectivity index (χ2n) is 19.8. The Morgan fingerprint density at radius 2 is 0.534 bits per heavy atom. The first-order chi connectivity index (χ1) is 36.0. The molecule has 1 atom stereocenters. The molecule has 0 aliphatic heterocycles. The first-order valence-electron chi connectivity index (χ1n) is 30.4. The molecule has 1 unspecified atom stereocenters. The van der Waals surface area contributed by atoms with Crippen molar-refractivity contribution in [3.8, 4) is 0 Å². The molecule has 0 amide bonds. The van der Waals surface area contributed by atoms with Crippen molar-refractivity contribution in [3.05, 3.63) is 109 Å². The summed E-state index contributed by atoms with van der Waals surface area (Å²) in [6.45, 7) is 6.37. The standard InChI is InChI=1S/C67H112O6/c1-4-7-10-13-16-19-22-25-27-29-31-32-33-34-36-37-39-42-45-48-51-54-57-60-66(69)72-63-64(62-71-65(68)59-56-53-50-47-44-41-24-21-18-15-12-9-6-3)73-67(70)61-58-55-52-49-46-43-40-38-35-30-28-26-23-20-17-14-11-8-5-2/h7,9-10,12,16-21,25-28,31-32,41,44,64H,4-6,8,11,13-15,22-24,29-30,33-40,42-43,45-63H2,1-3H3/b10-7-,12-9-,19-16-,20-17-,21-18-,27-25-,28-26-,32-31-,44-41-. The Morgan fingerprint density at radius 1 is 0.288 bits per heavy atom. The molecule has 0 N–H and O–H groups in total. The molecule has 0 radical (unpaired) electrons. The van der Waals surface area contributed by atoms with Crippen molar-refractivity contribution in [1.82, 2.24) is 0 Å². The third-order valence-electron chi connectivity index (χ3n) is 12.7. The van der Waals surface area contributed by atoms with Crippen molar-refractivity contribution < 1.29 is 28.6 Å². The summed E-state index contributed by atoms with van der Waals surface area (Å²) in [5.41, 5.74) is 0. The maximum absolute atomic E-state index is 12.9. The number of hydrogen-bond donors (Lipinski definition) is 0. The van der Waals surface area contributed by atoms with Crippen LogP contribution in [0.2, 0.25) is 0 Å². The van der Waals surface area contributed by atoms with Crippen molar-refractivity contribution in [2.45, 2.75) is 284 Å². The summed E-state index contributed by atoms with van der Waals surface area (Å²) in [5.74, 6) is -0.927. The lowest BCUT2D eigenvalue weighted by atomic mass is 10.1. The third-order valence-corrected chi connectivity index (χ3v) is 12.7. The first kappa shape index (κ1) is 69.1. The van der Waals surface area contributed by atoms with Crippen LogP contribution >= 0.6 is 0 Å². The second-order valence-corrected chi connectivity index (χ2v) is 19.8. The molecule has 6 nitrogen and oxygen atoms in total. The fraction of sp³-hybridized carbons (Fsp3) is 0.687. The van der Waals surface area contributed by atoms with Crippen LogP contribution in [0.3, 0.4) is 0 Å². The van der Waals surface area contributed by atoms with E-state index in [-0.39, 0.29) is 31.1 Å². The van der Waals surface area contributed by atoms with Crippen molar-refractivity contribution in [1.29, 1.82) is 0 Å². The van der Waals surface area contributed by atoms with E-state index in [9.17, 15) is 14.4 Å². The predicted molar refractivity (Wildman–Crippen MR) is 316 cm³/mol. The van der Waals surface area contributed by atoms with Gasteiger partial charge in [0.25, 0.3) is 0 Å². The minimum atomic E-state index is -0.797. The predicted octanol–water partition coefficient (Wildman–Crippen LogP) is 20.7. The zero-order chi connectivity index (χ0) is 52.9. The number of esters is 3. The van der Waals surface area contributed by atoms with Crippen LogP contribution in [-0.4, -0.2) is 37.2 Å². The zero-order valence-corrected chi connectivity index (χ0v) is 47.6. The van der Waals surface area contributed by atoms with Gasteiger partial charge in [-0.25, -0.2) is 0 Å². The maximum atomic E-state index is 12.9. The Kier molecular flexibility index (Phi) is 57.4. The molecule has 0 aromatic carbocycles. The Hall–Kier alpha value is -3.93. The number of ether oxygens (including phenoxy) is 3. The van der Waals surface area contributed by atoms with Crippen molar-refractivity contribution >= 4 is 17.9 Å². The lowest BCUT2D eigenvalue weighted by Crippen LogP contribution is -2.30. The third kappa shape index (κ3) is 58.8. The van der Waals surface area contributed by atoms with Gasteiger partial charge in [0, 0.05) is 19.3 Å². The Balaban J connectivity index is 4.37. The number of carbonyl (C=O) groups is 3. The SMILES string of the molecule is CC/C=C\C/C=C\C/C=C\C/C=C\CCCCCCCCCCCCC(=O)OCC(COC(=O)CCCCC/C=C\C/C=C\C/C=C\CC)OC(=O)CCCCCCCCCCC/C=C\C/C=C\CCCCC. The van der Waals surface area contributed by atoms with Gasteiger partial charge in [-0.1, -0.05) is 246 Å². The lowest BCUT2D eigenvalue weighted by Gasteiger charge is -2.18. The highest BCUT2D eigenvalue weighted by molar-refractivity contribution is 5.71. The smallest absolute Gasteiger partial charge is 0.306 e. The topological polar surface area (TPSA) is 78.9 Å². The molecule has 0 rings (SSSR count). The molecule has 0 bridgehead atoms. The average molecular weight is 1010 g/mol. The van der Waals surface area contributed by atoms with Gasteiger partial charge < -0.3 is 14.2 Å². The molecule has 0 saturated carbocycles. The summed E-state index contributed by atoms with van der Waals surface area (Å²) >= 11 is 0. The summed E-state index contributed by atoms with van der Waals surface area (Å²) in [6.07, 6.45) is 82.3. The minimum absolute atomic E-state index is 0.0922. The van der Waals surface area contributed by atoms with E-state index in [2.05, 4.69) is 130 Å². The van der Waals surface area contributed by atoms with E-state index in [1.807, 2.05) is 0 Å². The Bertz CT molecular complexity index is 1490. The molecule has 0 spiro atoms.